The Labute approximate surface area is 81.3 Å². The molecule has 74 valence electrons. The third kappa shape index (κ3) is 1.92. The van der Waals surface area contributed by atoms with E-state index in [-0.39, 0.29) is 11.3 Å². The van der Waals surface area contributed by atoms with Crippen molar-refractivity contribution in [2.75, 3.05) is 0 Å². The maximum absolute atomic E-state index is 10.6. The van der Waals surface area contributed by atoms with E-state index in [9.17, 15) is 9.90 Å². The average Bonchev–Trinajstić information content (AvgIpc) is 2.15. The van der Waals surface area contributed by atoms with Gasteiger partial charge in [0.1, 0.15) is 11.3 Å². The van der Waals surface area contributed by atoms with E-state index in [0.29, 0.717) is 5.56 Å². The van der Waals surface area contributed by atoms with Gasteiger partial charge in [-0.2, -0.15) is 0 Å². The average molecular weight is 193 g/mol. The lowest BCUT2D eigenvalue weighted by Gasteiger charge is -2.07. The van der Waals surface area contributed by atoms with Gasteiger partial charge in [-0.05, 0) is 17.7 Å². The van der Waals surface area contributed by atoms with Gasteiger partial charge in [0.25, 0.3) is 0 Å². The Morgan fingerprint density at radius 1 is 1.57 bits per heavy atom. The van der Waals surface area contributed by atoms with E-state index in [1.165, 1.54) is 18.2 Å². The molecule has 4 N–H and O–H groups in total. The molecule has 1 atom stereocenters. The predicted molar refractivity (Wildman–Crippen MR) is 52.2 cm³/mol. The van der Waals surface area contributed by atoms with Crippen molar-refractivity contribution < 1.29 is 15.0 Å². The fraction of sp³-hybridized carbons (Fsp3) is 0.100. The van der Waals surface area contributed by atoms with Crippen LogP contribution in [-0.2, 0) is 0 Å². The predicted octanol–water partition coefficient (Wildman–Crippen LogP) is 1.28. The van der Waals surface area contributed by atoms with Crippen LogP contribution in [0.4, 0.5) is 0 Å². The fourth-order valence-corrected chi connectivity index (χ4v) is 1.07. The first-order valence-corrected chi connectivity index (χ1v) is 4.00. The molecule has 0 aliphatic rings. The first-order valence-electron chi connectivity index (χ1n) is 4.00. The molecule has 0 aliphatic carbocycles. The zero-order valence-corrected chi connectivity index (χ0v) is 7.47. The number of rotatable bonds is 3. The number of benzene rings is 1. The van der Waals surface area contributed by atoms with Gasteiger partial charge in [-0.3, -0.25) is 0 Å². The Bertz CT molecular complexity index is 374. The van der Waals surface area contributed by atoms with Gasteiger partial charge in [0, 0.05) is 6.04 Å². The lowest BCUT2D eigenvalue weighted by molar-refractivity contribution is 0.0693. The van der Waals surface area contributed by atoms with Gasteiger partial charge in [0.05, 0.1) is 0 Å². The molecule has 4 nitrogen and oxygen atoms in total. The third-order valence-corrected chi connectivity index (χ3v) is 1.89. The number of nitrogens with two attached hydrogens (primary N) is 1. The third-order valence-electron chi connectivity index (χ3n) is 1.89. The Morgan fingerprint density at radius 3 is 2.64 bits per heavy atom. The summed E-state index contributed by atoms with van der Waals surface area (Å²) < 4.78 is 0. The summed E-state index contributed by atoms with van der Waals surface area (Å²) in [6.07, 6.45) is 1.51. The van der Waals surface area contributed by atoms with Gasteiger partial charge < -0.3 is 15.9 Å². The summed E-state index contributed by atoms with van der Waals surface area (Å²) in [4.78, 5) is 10.6. The molecule has 0 aliphatic heterocycles. The fourth-order valence-electron chi connectivity index (χ4n) is 1.07. The number of hydrogen-bond donors (Lipinski definition) is 3. The number of hydrogen-bond acceptors (Lipinski definition) is 3. The van der Waals surface area contributed by atoms with Crippen LogP contribution in [-0.4, -0.2) is 16.2 Å². The molecule has 0 aromatic heterocycles. The largest absolute Gasteiger partial charge is 0.507 e. The standard InChI is InChI=1S/C10H11NO3/c1-2-8(11)6-3-4-7(10(13)14)9(12)5-6/h2-5,8,12H,1,11H2,(H,13,14)/t8-/m1/s1. The maximum atomic E-state index is 10.6. The Hall–Kier alpha value is -1.81. The molecule has 0 radical (unpaired) electrons. The summed E-state index contributed by atoms with van der Waals surface area (Å²) >= 11 is 0. The second-order valence-electron chi connectivity index (χ2n) is 2.84. The van der Waals surface area contributed by atoms with E-state index < -0.39 is 12.0 Å². The minimum absolute atomic E-state index is 0.134. The van der Waals surface area contributed by atoms with Crippen molar-refractivity contribution in [2.45, 2.75) is 6.04 Å². The highest BCUT2D eigenvalue weighted by atomic mass is 16.4. The van der Waals surface area contributed by atoms with Crippen molar-refractivity contribution in [2.24, 2.45) is 5.73 Å². The molecule has 0 unspecified atom stereocenters. The molecule has 14 heavy (non-hydrogen) atoms. The summed E-state index contributed by atoms with van der Waals surface area (Å²) in [6, 6.07) is 3.80. The van der Waals surface area contributed by atoms with Crippen LogP contribution in [0.25, 0.3) is 0 Å². The number of carboxylic acids is 1. The molecule has 0 heterocycles. The van der Waals surface area contributed by atoms with Crippen molar-refractivity contribution in [3.8, 4) is 5.75 Å². The first kappa shape index (κ1) is 10.3. The van der Waals surface area contributed by atoms with Gasteiger partial charge in [0.2, 0.25) is 0 Å². The molecule has 1 aromatic carbocycles. The molecule has 0 amide bonds. The van der Waals surface area contributed by atoms with Crippen LogP contribution in [0.5, 0.6) is 5.75 Å². The van der Waals surface area contributed by atoms with Crippen LogP contribution in [0.3, 0.4) is 0 Å². The molecule has 0 saturated carbocycles. The maximum Gasteiger partial charge on any atom is 0.339 e. The number of phenols is 1. The quantitative estimate of drug-likeness (QED) is 0.631. The van der Waals surface area contributed by atoms with Crippen molar-refractivity contribution >= 4 is 5.97 Å². The van der Waals surface area contributed by atoms with Gasteiger partial charge >= 0.3 is 5.97 Å². The molecule has 0 spiro atoms. The highest BCUT2D eigenvalue weighted by Crippen LogP contribution is 2.22. The van der Waals surface area contributed by atoms with Gasteiger partial charge in [-0.15, -0.1) is 6.58 Å². The van der Waals surface area contributed by atoms with Crippen LogP contribution in [0.2, 0.25) is 0 Å². The van der Waals surface area contributed by atoms with Crippen LogP contribution in [0.1, 0.15) is 22.0 Å². The first-order chi connectivity index (χ1) is 6.56. The zero-order valence-electron chi connectivity index (χ0n) is 7.47. The minimum atomic E-state index is -1.17. The van der Waals surface area contributed by atoms with Gasteiger partial charge in [0.15, 0.2) is 0 Å². The summed E-state index contributed by atoms with van der Waals surface area (Å²) in [7, 11) is 0. The number of carboxylic acid groups (broad SMARTS) is 1. The van der Waals surface area contributed by atoms with E-state index in [1.54, 1.807) is 6.07 Å². The van der Waals surface area contributed by atoms with Crippen LogP contribution in [0, 0.1) is 0 Å². The van der Waals surface area contributed by atoms with E-state index in [4.69, 9.17) is 10.8 Å². The molecule has 1 rings (SSSR count). The highest BCUT2D eigenvalue weighted by Gasteiger charge is 2.11. The normalized spacial score (nSPS) is 12.1. The van der Waals surface area contributed by atoms with E-state index >= 15 is 0 Å². The monoisotopic (exact) mass is 193 g/mol. The van der Waals surface area contributed by atoms with E-state index in [0.717, 1.165) is 0 Å². The second kappa shape index (κ2) is 3.93. The van der Waals surface area contributed by atoms with Crippen LogP contribution >= 0.6 is 0 Å². The van der Waals surface area contributed by atoms with Crippen molar-refractivity contribution in [1.29, 1.82) is 0 Å². The number of aromatic carboxylic acids is 1. The van der Waals surface area contributed by atoms with Crippen LogP contribution < -0.4 is 5.73 Å². The second-order valence-corrected chi connectivity index (χ2v) is 2.84. The van der Waals surface area contributed by atoms with Gasteiger partial charge in [-0.1, -0.05) is 12.1 Å². The molecular weight excluding hydrogens is 182 g/mol. The molecule has 0 bridgehead atoms. The lowest BCUT2D eigenvalue weighted by atomic mass is 10.0. The smallest absolute Gasteiger partial charge is 0.339 e. The van der Waals surface area contributed by atoms with Crippen molar-refractivity contribution in [1.82, 2.24) is 0 Å². The number of carbonyl (C=O) groups is 1. The van der Waals surface area contributed by atoms with Gasteiger partial charge in [-0.25, -0.2) is 4.79 Å². The summed E-state index contributed by atoms with van der Waals surface area (Å²) in [5, 5.41) is 18.0. The Morgan fingerprint density at radius 2 is 2.21 bits per heavy atom. The molecule has 4 heteroatoms. The molecule has 0 saturated heterocycles. The van der Waals surface area contributed by atoms with Crippen molar-refractivity contribution in [3.05, 3.63) is 42.0 Å². The number of aromatic hydroxyl groups is 1. The topological polar surface area (TPSA) is 83.6 Å². The van der Waals surface area contributed by atoms with Crippen molar-refractivity contribution in [3.63, 3.8) is 0 Å². The summed E-state index contributed by atoms with van der Waals surface area (Å²) in [6.45, 7) is 3.50. The summed E-state index contributed by atoms with van der Waals surface area (Å²) in [5.41, 5.74) is 6.11. The molecular formula is C10H11NO3. The van der Waals surface area contributed by atoms with E-state index in [2.05, 4.69) is 6.58 Å². The Balaban J connectivity index is 3.12. The molecule has 0 fully saturated rings. The Kier molecular flexibility index (Phi) is 2.89. The zero-order chi connectivity index (χ0) is 10.7. The molecule has 1 aromatic rings. The van der Waals surface area contributed by atoms with Crippen LogP contribution in [0.15, 0.2) is 30.9 Å². The highest BCUT2D eigenvalue weighted by molar-refractivity contribution is 5.90. The van der Waals surface area contributed by atoms with E-state index in [1.807, 2.05) is 0 Å². The summed E-state index contributed by atoms with van der Waals surface area (Å²) in [5.74, 6) is -1.45. The minimum Gasteiger partial charge on any atom is -0.507 e. The SMILES string of the molecule is C=C[C@@H](N)c1ccc(C(=O)O)c(O)c1. The lowest BCUT2D eigenvalue weighted by Crippen LogP contribution is -2.07.